The highest BCUT2D eigenvalue weighted by Gasteiger charge is 2.30. The van der Waals surface area contributed by atoms with Gasteiger partial charge in [-0.1, -0.05) is 0 Å². The Morgan fingerprint density at radius 2 is 1.85 bits per heavy atom. The second-order valence-corrected chi connectivity index (χ2v) is 8.36. The molecule has 0 unspecified atom stereocenters. The summed E-state index contributed by atoms with van der Waals surface area (Å²) in [6.07, 6.45) is 2.06. The number of amides is 1. The maximum atomic E-state index is 12.8. The SMILES string of the molecule is Cc1nc(S(=O)(=O)N2CCCN(C(=O)c3ccc(C#N)cc3)CC2)cn1C. The van der Waals surface area contributed by atoms with Gasteiger partial charge in [0.25, 0.3) is 15.9 Å². The van der Waals surface area contributed by atoms with Gasteiger partial charge in [-0.05, 0) is 37.6 Å². The first kappa shape index (κ1) is 19.1. The molecule has 1 aliphatic heterocycles. The lowest BCUT2D eigenvalue weighted by atomic mass is 10.1. The summed E-state index contributed by atoms with van der Waals surface area (Å²) in [4.78, 5) is 18.5. The molecule has 0 spiro atoms. The van der Waals surface area contributed by atoms with Gasteiger partial charge in [0.2, 0.25) is 0 Å². The summed E-state index contributed by atoms with van der Waals surface area (Å²) in [7, 11) is -1.93. The van der Waals surface area contributed by atoms with Crippen LogP contribution in [0.1, 0.15) is 28.2 Å². The van der Waals surface area contributed by atoms with E-state index in [9.17, 15) is 13.2 Å². The van der Waals surface area contributed by atoms with E-state index in [1.54, 1.807) is 47.7 Å². The fourth-order valence-electron chi connectivity index (χ4n) is 2.99. The van der Waals surface area contributed by atoms with Gasteiger partial charge >= 0.3 is 0 Å². The van der Waals surface area contributed by atoms with Crippen molar-refractivity contribution in [1.82, 2.24) is 18.8 Å². The van der Waals surface area contributed by atoms with Crippen molar-refractivity contribution in [2.45, 2.75) is 18.4 Å². The van der Waals surface area contributed by atoms with Gasteiger partial charge in [0, 0.05) is 45.0 Å². The average Bonchev–Trinajstić information content (AvgIpc) is 2.88. The van der Waals surface area contributed by atoms with Gasteiger partial charge < -0.3 is 9.47 Å². The predicted molar refractivity (Wildman–Crippen MR) is 98.4 cm³/mol. The Hall–Kier alpha value is -2.70. The largest absolute Gasteiger partial charge is 0.337 e. The maximum absolute atomic E-state index is 12.8. The maximum Gasteiger partial charge on any atom is 0.262 e. The second kappa shape index (κ2) is 7.50. The molecule has 0 radical (unpaired) electrons. The molecule has 8 nitrogen and oxygen atoms in total. The third kappa shape index (κ3) is 3.86. The van der Waals surface area contributed by atoms with Gasteiger partial charge in [-0.25, -0.2) is 13.4 Å². The number of aromatic nitrogens is 2. The van der Waals surface area contributed by atoms with Crippen molar-refractivity contribution in [3.63, 3.8) is 0 Å². The molecule has 3 rings (SSSR count). The van der Waals surface area contributed by atoms with E-state index in [2.05, 4.69) is 4.98 Å². The van der Waals surface area contributed by atoms with Crippen molar-refractivity contribution in [1.29, 1.82) is 5.26 Å². The molecule has 1 aromatic heterocycles. The van der Waals surface area contributed by atoms with Crippen LogP contribution < -0.4 is 0 Å². The first-order valence-electron chi connectivity index (χ1n) is 8.62. The molecule has 1 amide bonds. The van der Waals surface area contributed by atoms with E-state index < -0.39 is 10.0 Å². The number of nitrogens with zero attached hydrogens (tertiary/aromatic N) is 5. The first-order valence-corrected chi connectivity index (χ1v) is 10.1. The molecule has 0 saturated carbocycles. The molecular weight excluding hydrogens is 366 g/mol. The van der Waals surface area contributed by atoms with E-state index in [-0.39, 0.29) is 17.5 Å². The van der Waals surface area contributed by atoms with E-state index in [1.165, 1.54) is 10.5 Å². The number of imidazole rings is 1. The van der Waals surface area contributed by atoms with E-state index >= 15 is 0 Å². The molecule has 9 heteroatoms. The van der Waals surface area contributed by atoms with Crippen molar-refractivity contribution >= 4 is 15.9 Å². The Balaban J connectivity index is 1.73. The molecule has 1 fully saturated rings. The van der Waals surface area contributed by atoms with Gasteiger partial charge in [0.05, 0.1) is 11.6 Å². The van der Waals surface area contributed by atoms with E-state index in [0.717, 1.165) is 0 Å². The zero-order valence-electron chi connectivity index (χ0n) is 15.3. The number of rotatable bonds is 3. The van der Waals surface area contributed by atoms with Gasteiger partial charge in [-0.15, -0.1) is 0 Å². The molecule has 1 aromatic carbocycles. The lowest BCUT2D eigenvalue weighted by Gasteiger charge is -2.21. The van der Waals surface area contributed by atoms with Crippen molar-refractivity contribution in [2.75, 3.05) is 26.2 Å². The summed E-state index contributed by atoms with van der Waals surface area (Å²) in [6, 6.07) is 8.47. The molecule has 1 aliphatic rings. The van der Waals surface area contributed by atoms with Crippen LogP contribution in [0.2, 0.25) is 0 Å². The number of aryl methyl sites for hydroxylation is 2. The van der Waals surface area contributed by atoms with E-state index in [0.29, 0.717) is 43.0 Å². The van der Waals surface area contributed by atoms with Crippen molar-refractivity contribution in [3.8, 4) is 6.07 Å². The minimum atomic E-state index is -3.68. The highest BCUT2D eigenvalue weighted by Crippen LogP contribution is 2.18. The molecule has 0 N–H and O–H groups in total. The van der Waals surface area contributed by atoms with E-state index in [1.807, 2.05) is 6.07 Å². The van der Waals surface area contributed by atoms with Crippen LogP contribution in [0.5, 0.6) is 0 Å². The number of sulfonamides is 1. The monoisotopic (exact) mass is 387 g/mol. The van der Waals surface area contributed by atoms with Crippen LogP contribution >= 0.6 is 0 Å². The lowest BCUT2D eigenvalue weighted by Crippen LogP contribution is -2.37. The Kier molecular flexibility index (Phi) is 5.30. The molecule has 0 atom stereocenters. The van der Waals surface area contributed by atoms with Crippen LogP contribution in [0.15, 0.2) is 35.5 Å². The van der Waals surface area contributed by atoms with Crippen LogP contribution in [0.4, 0.5) is 0 Å². The number of hydrogen-bond acceptors (Lipinski definition) is 5. The van der Waals surface area contributed by atoms with Crippen molar-refractivity contribution in [2.24, 2.45) is 7.05 Å². The van der Waals surface area contributed by atoms with Crippen LogP contribution in [0, 0.1) is 18.3 Å². The van der Waals surface area contributed by atoms with Crippen LogP contribution in [0.25, 0.3) is 0 Å². The second-order valence-electron chi connectivity index (χ2n) is 6.48. The van der Waals surface area contributed by atoms with Gasteiger partial charge in [-0.2, -0.15) is 9.57 Å². The normalized spacial score (nSPS) is 16.0. The Bertz CT molecular complexity index is 969. The molecule has 0 bridgehead atoms. The smallest absolute Gasteiger partial charge is 0.262 e. The Morgan fingerprint density at radius 1 is 1.15 bits per heavy atom. The van der Waals surface area contributed by atoms with Crippen molar-refractivity contribution in [3.05, 3.63) is 47.4 Å². The first-order chi connectivity index (χ1) is 12.8. The van der Waals surface area contributed by atoms with Crippen molar-refractivity contribution < 1.29 is 13.2 Å². The van der Waals surface area contributed by atoms with Crippen LogP contribution in [-0.2, 0) is 17.1 Å². The fraction of sp³-hybridized carbons (Fsp3) is 0.389. The number of carbonyl (C=O) groups excluding carboxylic acids is 1. The third-order valence-corrected chi connectivity index (χ3v) is 6.46. The quantitative estimate of drug-likeness (QED) is 0.786. The highest BCUT2D eigenvalue weighted by atomic mass is 32.2. The summed E-state index contributed by atoms with van der Waals surface area (Å²) < 4.78 is 28.7. The zero-order chi connectivity index (χ0) is 19.6. The summed E-state index contributed by atoms with van der Waals surface area (Å²) in [6.45, 7) is 3.10. The number of carbonyl (C=O) groups is 1. The molecule has 2 aromatic rings. The molecule has 142 valence electrons. The Labute approximate surface area is 158 Å². The molecule has 2 heterocycles. The average molecular weight is 387 g/mol. The van der Waals surface area contributed by atoms with Crippen LogP contribution in [0.3, 0.4) is 0 Å². The van der Waals surface area contributed by atoms with Gasteiger partial charge in [0.1, 0.15) is 5.82 Å². The predicted octanol–water partition coefficient (Wildman–Crippen LogP) is 1.14. The lowest BCUT2D eigenvalue weighted by molar-refractivity contribution is 0.0764. The standard InChI is InChI=1S/C18H21N5O3S/c1-14-20-17(13-21(14)2)27(25,26)23-9-3-8-22(10-11-23)18(24)16-6-4-15(12-19)5-7-16/h4-7,13H,3,8-11H2,1-2H3. The zero-order valence-corrected chi connectivity index (χ0v) is 16.1. The summed E-state index contributed by atoms with van der Waals surface area (Å²) in [5.74, 6) is 0.466. The summed E-state index contributed by atoms with van der Waals surface area (Å²) in [5.41, 5.74) is 0.982. The molecule has 0 aliphatic carbocycles. The number of nitriles is 1. The summed E-state index contributed by atoms with van der Waals surface area (Å²) in [5, 5.41) is 8.89. The number of benzene rings is 1. The number of hydrogen-bond donors (Lipinski definition) is 0. The highest BCUT2D eigenvalue weighted by molar-refractivity contribution is 7.89. The fourth-order valence-corrected chi connectivity index (χ4v) is 4.48. The Morgan fingerprint density at radius 3 is 2.44 bits per heavy atom. The summed E-state index contributed by atoms with van der Waals surface area (Å²) >= 11 is 0. The topological polar surface area (TPSA) is 99.3 Å². The molecule has 27 heavy (non-hydrogen) atoms. The minimum absolute atomic E-state index is 0.0365. The minimum Gasteiger partial charge on any atom is -0.337 e. The van der Waals surface area contributed by atoms with Gasteiger partial charge in [0.15, 0.2) is 5.03 Å². The van der Waals surface area contributed by atoms with Crippen LogP contribution in [-0.4, -0.2) is 59.3 Å². The molecular formula is C18H21N5O3S. The van der Waals surface area contributed by atoms with E-state index in [4.69, 9.17) is 5.26 Å². The third-order valence-electron chi connectivity index (χ3n) is 4.69. The molecule has 1 saturated heterocycles. The van der Waals surface area contributed by atoms with Gasteiger partial charge in [-0.3, -0.25) is 4.79 Å².